The molecule has 0 saturated carbocycles. The lowest BCUT2D eigenvalue weighted by molar-refractivity contribution is 0.0664. The summed E-state index contributed by atoms with van der Waals surface area (Å²) in [5, 5.41) is 3.59. The summed E-state index contributed by atoms with van der Waals surface area (Å²) >= 11 is 0. The minimum atomic E-state index is 0.320. The predicted molar refractivity (Wildman–Crippen MR) is 85.9 cm³/mol. The van der Waals surface area contributed by atoms with Crippen LogP contribution in [0.1, 0.15) is 31.9 Å². The van der Waals surface area contributed by atoms with Gasteiger partial charge in [0.25, 0.3) is 0 Å². The van der Waals surface area contributed by atoms with Crippen molar-refractivity contribution in [3.05, 3.63) is 29.8 Å². The molecule has 1 heterocycles. The van der Waals surface area contributed by atoms with Crippen molar-refractivity contribution in [1.82, 2.24) is 10.2 Å². The summed E-state index contributed by atoms with van der Waals surface area (Å²) in [4.78, 5) is 2.50. The lowest BCUT2D eigenvalue weighted by Gasteiger charge is -2.28. The van der Waals surface area contributed by atoms with Crippen LogP contribution in [0.25, 0.3) is 0 Å². The molecular formula is C17H28N2O2. The molecule has 2 unspecified atom stereocenters. The minimum absolute atomic E-state index is 0.320. The maximum atomic E-state index is 5.73. The molecule has 1 aliphatic heterocycles. The van der Waals surface area contributed by atoms with Crippen molar-refractivity contribution in [2.45, 2.75) is 32.4 Å². The molecule has 1 aromatic rings. The van der Waals surface area contributed by atoms with Crippen LogP contribution >= 0.6 is 0 Å². The summed E-state index contributed by atoms with van der Waals surface area (Å²) in [6, 6.07) is 8.69. The largest absolute Gasteiger partial charge is 0.497 e. The second kappa shape index (κ2) is 8.37. The number of hydrogen-bond acceptors (Lipinski definition) is 4. The average Bonchev–Trinajstić information content (AvgIpc) is 2.71. The number of rotatable bonds is 6. The van der Waals surface area contributed by atoms with Gasteiger partial charge < -0.3 is 14.8 Å². The van der Waals surface area contributed by atoms with Crippen LogP contribution in [-0.2, 0) is 4.74 Å². The van der Waals surface area contributed by atoms with Crippen molar-refractivity contribution >= 4 is 0 Å². The maximum absolute atomic E-state index is 5.73. The molecule has 4 nitrogen and oxygen atoms in total. The van der Waals surface area contributed by atoms with E-state index in [1.165, 1.54) is 5.56 Å². The quantitative estimate of drug-likeness (QED) is 0.873. The zero-order valence-electron chi connectivity index (χ0n) is 13.5. The molecule has 0 amide bonds. The van der Waals surface area contributed by atoms with Crippen molar-refractivity contribution in [2.75, 3.05) is 39.9 Å². The first-order chi connectivity index (χ1) is 10.2. The molecule has 1 fully saturated rings. The van der Waals surface area contributed by atoms with Crippen molar-refractivity contribution < 1.29 is 9.47 Å². The summed E-state index contributed by atoms with van der Waals surface area (Å²) < 4.78 is 11.1. The topological polar surface area (TPSA) is 33.7 Å². The van der Waals surface area contributed by atoms with Crippen LogP contribution in [0, 0.1) is 0 Å². The maximum Gasteiger partial charge on any atom is 0.119 e. The summed E-state index contributed by atoms with van der Waals surface area (Å²) in [7, 11) is 1.72. The summed E-state index contributed by atoms with van der Waals surface area (Å²) in [5.41, 5.74) is 1.29. The number of likely N-dealkylation sites (N-methyl/N-ethyl adjacent to an activating group) is 1. The lowest BCUT2D eigenvalue weighted by Crippen LogP contribution is -2.38. The summed E-state index contributed by atoms with van der Waals surface area (Å²) in [6.45, 7) is 9.27. The van der Waals surface area contributed by atoms with E-state index in [1.54, 1.807) is 7.11 Å². The molecule has 0 spiro atoms. The first kappa shape index (κ1) is 16.3. The summed E-state index contributed by atoms with van der Waals surface area (Å²) in [6.07, 6.45) is 1.43. The predicted octanol–water partition coefficient (Wildman–Crippen LogP) is 2.46. The Kier molecular flexibility index (Phi) is 6.49. The fraction of sp³-hybridized carbons (Fsp3) is 0.647. The van der Waals surface area contributed by atoms with Gasteiger partial charge in [-0.3, -0.25) is 4.90 Å². The van der Waals surface area contributed by atoms with E-state index in [9.17, 15) is 0 Å². The highest BCUT2D eigenvalue weighted by atomic mass is 16.5. The molecular weight excluding hydrogens is 264 g/mol. The zero-order valence-corrected chi connectivity index (χ0v) is 13.5. The lowest BCUT2D eigenvalue weighted by atomic mass is 10.1. The monoisotopic (exact) mass is 292 g/mol. The Bertz CT molecular complexity index is 425. The average molecular weight is 292 g/mol. The fourth-order valence-corrected chi connectivity index (χ4v) is 2.90. The standard InChI is InChI=1S/C17H28N2O2/c1-4-18-17(15-7-5-8-16(11-15)20-3)13-19-9-6-10-21-14(2)12-19/h5,7-8,11,14,17-18H,4,6,9-10,12-13H2,1-3H3. The second-order valence-corrected chi connectivity index (χ2v) is 5.68. The Morgan fingerprint density at radius 1 is 1.48 bits per heavy atom. The molecule has 0 radical (unpaired) electrons. The highest BCUT2D eigenvalue weighted by Crippen LogP contribution is 2.21. The third-order valence-electron chi connectivity index (χ3n) is 3.92. The number of nitrogens with one attached hydrogen (secondary N) is 1. The van der Waals surface area contributed by atoms with Crippen LogP contribution in [0.4, 0.5) is 0 Å². The van der Waals surface area contributed by atoms with E-state index in [2.05, 4.69) is 42.3 Å². The summed E-state index contributed by atoms with van der Waals surface area (Å²) in [5.74, 6) is 0.919. The zero-order chi connectivity index (χ0) is 15.1. The van der Waals surface area contributed by atoms with Gasteiger partial charge in [0, 0.05) is 32.3 Å². The normalized spacial score (nSPS) is 21.8. The van der Waals surface area contributed by atoms with Gasteiger partial charge in [-0.25, -0.2) is 0 Å². The number of methoxy groups -OCH3 is 1. The van der Waals surface area contributed by atoms with Gasteiger partial charge in [0.1, 0.15) is 5.75 Å². The van der Waals surface area contributed by atoms with Gasteiger partial charge in [-0.05, 0) is 37.6 Å². The van der Waals surface area contributed by atoms with Crippen molar-refractivity contribution in [3.8, 4) is 5.75 Å². The van der Waals surface area contributed by atoms with Gasteiger partial charge in [0.2, 0.25) is 0 Å². The smallest absolute Gasteiger partial charge is 0.119 e. The Hall–Kier alpha value is -1.10. The number of ether oxygens (including phenoxy) is 2. The third-order valence-corrected chi connectivity index (χ3v) is 3.92. The molecule has 1 aromatic carbocycles. The minimum Gasteiger partial charge on any atom is -0.497 e. The molecule has 1 saturated heterocycles. The SMILES string of the molecule is CCNC(CN1CCCOC(C)C1)c1cccc(OC)c1. The Labute approximate surface area is 128 Å². The molecule has 118 valence electrons. The van der Waals surface area contributed by atoms with Gasteiger partial charge >= 0.3 is 0 Å². The molecule has 2 rings (SSSR count). The Morgan fingerprint density at radius 3 is 3.10 bits per heavy atom. The molecule has 2 atom stereocenters. The Morgan fingerprint density at radius 2 is 2.33 bits per heavy atom. The van der Waals surface area contributed by atoms with Crippen LogP contribution < -0.4 is 10.1 Å². The van der Waals surface area contributed by atoms with Crippen LogP contribution in [0.3, 0.4) is 0 Å². The van der Waals surface area contributed by atoms with Crippen LogP contribution in [0.2, 0.25) is 0 Å². The van der Waals surface area contributed by atoms with Crippen LogP contribution in [0.5, 0.6) is 5.75 Å². The molecule has 21 heavy (non-hydrogen) atoms. The van der Waals surface area contributed by atoms with Gasteiger partial charge in [0.15, 0.2) is 0 Å². The van der Waals surface area contributed by atoms with E-state index < -0.39 is 0 Å². The van der Waals surface area contributed by atoms with Crippen LogP contribution in [0.15, 0.2) is 24.3 Å². The highest BCUT2D eigenvalue weighted by molar-refractivity contribution is 5.30. The highest BCUT2D eigenvalue weighted by Gasteiger charge is 2.20. The van der Waals surface area contributed by atoms with Gasteiger partial charge in [-0.15, -0.1) is 0 Å². The van der Waals surface area contributed by atoms with E-state index in [-0.39, 0.29) is 0 Å². The number of hydrogen-bond donors (Lipinski definition) is 1. The molecule has 4 heteroatoms. The van der Waals surface area contributed by atoms with Crippen LogP contribution in [-0.4, -0.2) is 50.9 Å². The number of benzene rings is 1. The molecule has 0 bridgehead atoms. The van der Waals surface area contributed by atoms with E-state index in [1.807, 2.05) is 6.07 Å². The molecule has 1 N–H and O–H groups in total. The number of nitrogens with zero attached hydrogens (tertiary/aromatic N) is 1. The van der Waals surface area contributed by atoms with Crippen molar-refractivity contribution in [2.24, 2.45) is 0 Å². The van der Waals surface area contributed by atoms with Gasteiger partial charge in [0.05, 0.1) is 13.2 Å². The first-order valence-corrected chi connectivity index (χ1v) is 7.94. The van der Waals surface area contributed by atoms with Gasteiger partial charge in [-0.2, -0.15) is 0 Å². The van der Waals surface area contributed by atoms with E-state index >= 15 is 0 Å². The van der Waals surface area contributed by atoms with E-state index in [0.29, 0.717) is 12.1 Å². The van der Waals surface area contributed by atoms with Gasteiger partial charge in [-0.1, -0.05) is 19.1 Å². The third kappa shape index (κ3) is 4.99. The molecule has 0 aromatic heterocycles. The van der Waals surface area contributed by atoms with E-state index in [0.717, 1.165) is 45.0 Å². The van der Waals surface area contributed by atoms with E-state index in [4.69, 9.17) is 9.47 Å². The molecule has 1 aliphatic rings. The first-order valence-electron chi connectivity index (χ1n) is 7.94. The Balaban J connectivity index is 2.06. The van der Waals surface area contributed by atoms with Crippen molar-refractivity contribution in [1.29, 1.82) is 0 Å². The fourth-order valence-electron chi connectivity index (χ4n) is 2.90. The molecule has 0 aliphatic carbocycles. The van der Waals surface area contributed by atoms with Crippen molar-refractivity contribution in [3.63, 3.8) is 0 Å². The second-order valence-electron chi connectivity index (χ2n) is 5.68.